The SMILES string of the molecule is S=C(Nc1nc(Oc2ccccc2)cc(N2CCCCCC2)n1)NC1CC1. The van der Waals surface area contributed by atoms with Crippen LogP contribution in [-0.4, -0.2) is 34.2 Å². The van der Waals surface area contributed by atoms with Crippen molar-refractivity contribution in [3.8, 4) is 11.6 Å². The number of nitrogens with zero attached hydrogens (tertiary/aromatic N) is 3. The van der Waals surface area contributed by atoms with Gasteiger partial charge in [-0.3, -0.25) is 0 Å². The third-order valence-corrected chi connectivity index (χ3v) is 4.94. The van der Waals surface area contributed by atoms with E-state index in [1.807, 2.05) is 36.4 Å². The first-order valence-corrected chi connectivity index (χ1v) is 10.1. The van der Waals surface area contributed by atoms with Crippen molar-refractivity contribution in [1.82, 2.24) is 15.3 Å². The predicted octanol–water partition coefficient (Wildman–Crippen LogP) is 4.10. The molecule has 0 atom stereocenters. The van der Waals surface area contributed by atoms with Gasteiger partial charge in [0.05, 0.1) is 0 Å². The standard InChI is InChI=1S/C20H25N5OS/c27-20(21-15-10-11-15)24-19-22-17(25-12-6-1-2-7-13-25)14-18(23-19)26-16-8-4-3-5-9-16/h3-5,8-9,14-15H,1-2,6-7,10-13H2,(H2,21,22,23,24,27). The van der Waals surface area contributed by atoms with Gasteiger partial charge in [-0.25, -0.2) is 0 Å². The number of ether oxygens (including phenoxy) is 1. The third-order valence-electron chi connectivity index (χ3n) is 4.72. The van der Waals surface area contributed by atoms with E-state index in [4.69, 9.17) is 21.9 Å². The number of thiocarbonyl (C=S) groups is 1. The number of anilines is 2. The Kier molecular flexibility index (Phi) is 5.67. The minimum atomic E-state index is 0.473. The number of hydrogen-bond donors (Lipinski definition) is 2. The Morgan fingerprint density at radius 1 is 1.04 bits per heavy atom. The maximum atomic E-state index is 5.98. The van der Waals surface area contributed by atoms with E-state index in [1.165, 1.54) is 38.5 Å². The highest BCUT2D eigenvalue weighted by molar-refractivity contribution is 7.80. The molecule has 2 N–H and O–H groups in total. The van der Waals surface area contributed by atoms with Crippen LogP contribution in [0.5, 0.6) is 11.6 Å². The van der Waals surface area contributed by atoms with Gasteiger partial charge in [0.15, 0.2) is 5.11 Å². The minimum Gasteiger partial charge on any atom is -0.439 e. The summed E-state index contributed by atoms with van der Waals surface area (Å²) in [6.07, 6.45) is 7.25. The van der Waals surface area contributed by atoms with Crippen molar-refractivity contribution in [1.29, 1.82) is 0 Å². The maximum Gasteiger partial charge on any atom is 0.234 e. The highest BCUT2D eigenvalue weighted by Gasteiger charge is 2.22. The number of aromatic nitrogens is 2. The van der Waals surface area contributed by atoms with Gasteiger partial charge in [0.2, 0.25) is 11.8 Å². The second-order valence-corrected chi connectivity index (χ2v) is 7.49. The Morgan fingerprint density at radius 3 is 2.48 bits per heavy atom. The van der Waals surface area contributed by atoms with Crippen LogP contribution in [0.25, 0.3) is 0 Å². The Labute approximate surface area is 165 Å². The average molecular weight is 384 g/mol. The molecule has 2 aromatic rings. The van der Waals surface area contributed by atoms with Crippen LogP contribution in [0.1, 0.15) is 38.5 Å². The van der Waals surface area contributed by atoms with E-state index in [9.17, 15) is 0 Å². The molecule has 1 saturated carbocycles. The molecule has 1 aliphatic heterocycles. The number of hydrogen-bond acceptors (Lipinski definition) is 5. The van der Waals surface area contributed by atoms with Crippen LogP contribution in [0.15, 0.2) is 36.4 Å². The Balaban J connectivity index is 1.57. The summed E-state index contributed by atoms with van der Waals surface area (Å²) in [5, 5.41) is 6.96. The lowest BCUT2D eigenvalue weighted by Crippen LogP contribution is -2.31. The lowest BCUT2D eigenvalue weighted by molar-refractivity contribution is 0.462. The van der Waals surface area contributed by atoms with Gasteiger partial charge in [0, 0.05) is 25.2 Å². The Bertz CT molecular complexity index is 773. The van der Waals surface area contributed by atoms with Crippen LogP contribution in [0.4, 0.5) is 11.8 Å². The molecule has 0 amide bonds. The molecule has 0 unspecified atom stereocenters. The maximum absolute atomic E-state index is 5.98. The first-order valence-electron chi connectivity index (χ1n) is 9.71. The van der Waals surface area contributed by atoms with Gasteiger partial charge < -0.3 is 20.3 Å². The summed E-state index contributed by atoms with van der Waals surface area (Å²) in [5.41, 5.74) is 0. The second kappa shape index (κ2) is 8.52. The first-order chi connectivity index (χ1) is 13.3. The topological polar surface area (TPSA) is 62.3 Å². The lowest BCUT2D eigenvalue weighted by atomic mass is 10.2. The monoisotopic (exact) mass is 383 g/mol. The number of benzene rings is 1. The lowest BCUT2D eigenvalue weighted by Gasteiger charge is -2.22. The quantitative estimate of drug-likeness (QED) is 0.754. The summed E-state index contributed by atoms with van der Waals surface area (Å²) in [6.45, 7) is 2.01. The van der Waals surface area contributed by atoms with E-state index in [2.05, 4.69) is 20.5 Å². The van der Waals surface area contributed by atoms with E-state index >= 15 is 0 Å². The number of para-hydroxylation sites is 1. The third kappa shape index (κ3) is 5.29. The van der Waals surface area contributed by atoms with Gasteiger partial charge in [-0.1, -0.05) is 31.0 Å². The highest BCUT2D eigenvalue weighted by atomic mass is 32.1. The van der Waals surface area contributed by atoms with Crippen LogP contribution >= 0.6 is 12.2 Å². The second-order valence-electron chi connectivity index (χ2n) is 7.08. The molecule has 2 aliphatic rings. The molecule has 2 fully saturated rings. The van der Waals surface area contributed by atoms with Gasteiger partial charge in [-0.15, -0.1) is 0 Å². The van der Waals surface area contributed by atoms with Crippen LogP contribution in [0.2, 0.25) is 0 Å². The molecular weight excluding hydrogens is 358 g/mol. The van der Waals surface area contributed by atoms with E-state index < -0.39 is 0 Å². The Hall–Kier alpha value is -2.41. The van der Waals surface area contributed by atoms with Crippen LogP contribution < -0.4 is 20.3 Å². The normalized spacial score (nSPS) is 17.1. The molecule has 4 rings (SSSR count). The highest BCUT2D eigenvalue weighted by Crippen LogP contribution is 2.26. The fourth-order valence-electron chi connectivity index (χ4n) is 3.14. The van der Waals surface area contributed by atoms with Crippen molar-refractivity contribution in [3.05, 3.63) is 36.4 Å². The number of nitrogens with one attached hydrogen (secondary N) is 2. The molecule has 0 spiro atoms. The summed E-state index contributed by atoms with van der Waals surface area (Å²) >= 11 is 5.39. The van der Waals surface area contributed by atoms with Crippen molar-refractivity contribution in [3.63, 3.8) is 0 Å². The van der Waals surface area contributed by atoms with E-state index in [0.717, 1.165) is 24.7 Å². The van der Waals surface area contributed by atoms with Crippen LogP contribution in [0.3, 0.4) is 0 Å². The zero-order chi connectivity index (χ0) is 18.5. The van der Waals surface area contributed by atoms with Crippen molar-refractivity contribution in [2.45, 2.75) is 44.6 Å². The van der Waals surface area contributed by atoms with Crippen molar-refractivity contribution >= 4 is 29.1 Å². The van der Waals surface area contributed by atoms with E-state index in [-0.39, 0.29) is 0 Å². The molecule has 1 aromatic carbocycles. The van der Waals surface area contributed by atoms with Crippen LogP contribution in [-0.2, 0) is 0 Å². The first kappa shape index (κ1) is 18.0. The summed E-state index contributed by atoms with van der Waals surface area (Å²) in [6, 6.07) is 12.1. The summed E-state index contributed by atoms with van der Waals surface area (Å²) in [4.78, 5) is 11.5. The largest absolute Gasteiger partial charge is 0.439 e. The summed E-state index contributed by atoms with van der Waals surface area (Å²) in [7, 11) is 0. The molecule has 27 heavy (non-hydrogen) atoms. The smallest absolute Gasteiger partial charge is 0.234 e. The molecule has 7 heteroatoms. The van der Waals surface area contributed by atoms with Gasteiger partial charge in [0.1, 0.15) is 11.6 Å². The minimum absolute atomic E-state index is 0.473. The van der Waals surface area contributed by atoms with Crippen LogP contribution in [0, 0.1) is 0 Å². The van der Waals surface area contributed by atoms with Crippen molar-refractivity contribution in [2.24, 2.45) is 0 Å². The fraction of sp³-hybridized carbons (Fsp3) is 0.450. The molecule has 0 bridgehead atoms. The van der Waals surface area contributed by atoms with Crippen molar-refractivity contribution in [2.75, 3.05) is 23.3 Å². The van der Waals surface area contributed by atoms with Gasteiger partial charge in [-0.2, -0.15) is 9.97 Å². The zero-order valence-electron chi connectivity index (χ0n) is 15.4. The molecule has 1 aromatic heterocycles. The number of rotatable bonds is 5. The zero-order valence-corrected chi connectivity index (χ0v) is 16.2. The van der Waals surface area contributed by atoms with Gasteiger partial charge in [0.25, 0.3) is 0 Å². The Morgan fingerprint density at radius 2 is 1.78 bits per heavy atom. The molecular formula is C20H25N5OS. The van der Waals surface area contributed by atoms with Crippen molar-refractivity contribution < 1.29 is 4.74 Å². The fourth-order valence-corrected chi connectivity index (χ4v) is 3.40. The predicted molar refractivity (Wildman–Crippen MR) is 112 cm³/mol. The summed E-state index contributed by atoms with van der Waals surface area (Å²) in [5.74, 6) is 2.63. The summed E-state index contributed by atoms with van der Waals surface area (Å²) < 4.78 is 5.98. The van der Waals surface area contributed by atoms with Gasteiger partial charge >= 0.3 is 0 Å². The molecule has 6 nitrogen and oxygen atoms in total. The average Bonchev–Trinajstić information content (AvgIpc) is 3.49. The molecule has 142 valence electrons. The molecule has 2 heterocycles. The molecule has 1 aliphatic carbocycles. The van der Waals surface area contributed by atoms with Gasteiger partial charge in [-0.05, 0) is 50.0 Å². The van der Waals surface area contributed by atoms with E-state index in [0.29, 0.717) is 23.0 Å². The molecule has 0 radical (unpaired) electrons. The van der Waals surface area contributed by atoms with E-state index in [1.54, 1.807) is 0 Å². The molecule has 1 saturated heterocycles.